The molecule has 0 aliphatic heterocycles. The molecule has 0 bridgehead atoms. The third-order valence-corrected chi connectivity index (χ3v) is 3.26. The summed E-state index contributed by atoms with van der Waals surface area (Å²) in [6.07, 6.45) is 0.0976. The molecule has 1 amide bonds. The van der Waals surface area contributed by atoms with E-state index in [0.29, 0.717) is 11.3 Å². The number of halogens is 1. The number of amides is 1. The van der Waals surface area contributed by atoms with Crippen molar-refractivity contribution in [2.75, 3.05) is 6.54 Å². The maximum atomic E-state index is 13.5. The van der Waals surface area contributed by atoms with Crippen LogP contribution in [0.1, 0.15) is 17.5 Å². The Balaban J connectivity index is 1.84. The van der Waals surface area contributed by atoms with Crippen molar-refractivity contribution in [3.05, 3.63) is 65.5 Å². The Morgan fingerprint density at radius 1 is 1.17 bits per heavy atom. The Morgan fingerprint density at radius 2 is 1.87 bits per heavy atom. The highest BCUT2D eigenvalue weighted by Crippen LogP contribution is 2.16. The average molecular weight is 318 g/mol. The van der Waals surface area contributed by atoms with Gasteiger partial charge in [-0.25, -0.2) is 4.39 Å². The Labute approximate surface area is 134 Å². The van der Waals surface area contributed by atoms with E-state index in [4.69, 9.17) is 10.5 Å². The highest BCUT2D eigenvalue weighted by molar-refractivity contribution is 5.73. The number of primary amides is 1. The molecule has 122 valence electrons. The zero-order chi connectivity index (χ0) is 16.7. The van der Waals surface area contributed by atoms with Gasteiger partial charge in [0.25, 0.3) is 0 Å². The van der Waals surface area contributed by atoms with Crippen LogP contribution in [0.5, 0.6) is 5.75 Å². The first-order valence-corrected chi connectivity index (χ1v) is 7.22. The molecule has 5 nitrogen and oxygen atoms in total. The van der Waals surface area contributed by atoms with Gasteiger partial charge < -0.3 is 15.7 Å². The van der Waals surface area contributed by atoms with Crippen molar-refractivity contribution in [1.82, 2.24) is 5.06 Å². The number of ether oxygens (including phenoxy) is 1. The normalized spacial score (nSPS) is 10.7. The fourth-order valence-corrected chi connectivity index (χ4v) is 2.00. The molecule has 2 rings (SSSR count). The second-order valence-corrected chi connectivity index (χ2v) is 5.13. The van der Waals surface area contributed by atoms with Crippen LogP contribution in [0.15, 0.2) is 48.5 Å². The number of hydroxylamine groups is 2. The van der Waals surface area contributed by atoms with E-state index in [1.807, 2.05) is 0 Å². The molecule has 0 heterocycles. The Kier molecular flexibility index (Phi) is 6.08. The summed E-state index contributed by atoms with van der Waals surface area (Å²) < 4.78 is 19.0. The largest absolute Gasteiger partial charge is 0.489 e. The number of hydrogen-bond acceptors (Lipinski definition) is 4. The standard InChI is InChI=1S/C17H19FN2O3/c18-16-4-2-1-3-14(16)12-23-15-7-5-13(6-8-15)11-20(22)10-9-17(19)21/h1-8,22H,9-12H2,(H2,19,21). The summed E-state index contributed by atoms with van der Waals surface area (Å²) in [5.41, 5.74) is 6.37. The van der Waals surface area contributed by atoms with E-state index < -0.39 is 5.91 Å². The third kappa shape index (κ3) is 5.69. The molecule has 0 aliphatic carbocycles. The molecule has 0 aromatic heterocycles. The quantitative estimate of drug-likeness (QED) is 0.733. The fraction of sp³-hybridized carbons (Fsp3) is 0.235. The predicted octanol–water partition coefficient (Wildman–Crippen LogP) is 2.47. The topological polar surface area (TPSA) is 75.8 Å². The summed E-state index contributed by atoms with van der Waals surface area (Å²) in [6.45, 7) is 0.610. The van der Waals surface area contributed by atoms with E-state index in [-0.39, 0.29) is 31.9 Å². The summed E-state index contributed by atoms with van der Waals surface area (Å²) in [5, 5.41) is 10.7. The molecule has 3 N–H and O–H groups in total. The fourth-order valence-electron chi connectivity index (χ4n) is 2.00. The van der Waals surface area contributed by atoms with Crippen molar-refractivity contribution in [2.24, 2.45) is 5.73 Å². The molecule has 0 unspecified atom stereocenters. The number of carbonyl (C=O) groups excluding carboxylic acids is 1. The number of carbonyl (C=O) groups is 1. The highest BCUT2D eigenvalue weighted by atomic mass is 19.1. The number of nitrogens with zero attached hydrogens (tertiary/aromatic N) is 1. The van der Waals surface area contributed by atoms with Gasteiger partial charge in [-0.3, -0.25) is 4.79 Å². The molecule has 0 saturated heterocycles. The second-order valence-electron chi connectivity index (χ2n) is 5.13. The zero-order valence-electron chi connectivity index (χ0n) is 12.6. The van der Waals surface area contributed by atoms with Gasteiger partial charge in [-0.15, -0.1) is 0 Å². The van der Waals surface area contributed by atoms with Crippen molar-refractivity contribution in [3.8, 4) is 5.75 Å². The number of benzene rings is 2. The molecule has 0 spiro atoms. The lowest BCUT2D eigenvalue weighted by atomic mass is 10.2. The van der Waals surface area contributed by atoms with Crippen LogP contribution in [0, 0.1) is 5.82 Å². The number of hydrogen-bond donors (Lipinski definition) is 2. The smallest absolute Gasteiger partial charge is 0.218 e. The van der Waals surface area contributed by atoms with Crippen LogP contribution in [0.3, 0.4) is 0 Å². The van der Waals surface area contributed by atoms with Gasteiger partial charge in [0.15, 0.2) is 0 Å². The monoisotopic (exact) mass is 318 g/mol. The van der Waals surface area contributed by atoms with Gasteiger partial charge in [-0.1, -0.05) is 30.3 Å². The van der Waals surface area contributed by atoms with E-state index >= 15 is 0 Å². The minimum atomic E-state index is -0.457. The van der Waals surface area contributed by atoms with Gasteiger partial charge in [0.05, 0.1) is 0 Å². The van der Waals surface area contributed by atoms with Crippen LogP contribution in [-0.2, 0) is 17.9 Å². The van der Waals surface area contributed by atoms with Crippen molar-refractivity contribution >= 4 is 5.91 Å². The molecule has 2 aromatic rings. The van der Waals surface area contributed by atoms with E-state index in [2.05, 4.69) is 0 Å². The van der Waals surface area contributed by atoms with Crippen LogP contribution < -0.4 is 10.5 Å². The first-order chi connectivity index (χ1) is 11.0. The molecule has 0 atom stereocenters. The molecule has 6 heteroatoms. The van der Waals surface area contributed by atoms with Gasteiger partial charge in [0.2, 0.25) is 5.91 Å². The molecule has 23 heavy (non-hydrogen) atoms. The highest BCUT2D eigenvalue weighted by Gasteiger charge is 2.05. The maximum Gasteiger partial charge on any atom is 0.218 e. The first-order valence-electron chi connectivity index (χ1n) is 7.22. The van der Waals surface area contributed by atoms with Crippen molar-refractivity contribution < 1.29 is 19.1 Å². The minimum Gasteiger partial charge on any atom is -0.489 e. The molecular formula is C17H19FN2O3. The average Bonchev–Trinajstić information content (AvgIpc) is 2.53. The lowest BCUT2D eigenvalue weighted by Crippen LogP contribution is -2.24. The van der Waals surface area contributed by atoms with E-state index in [9.17, 15) is 14.4 Å². The van der Waals surface area contributed by atoms with Gasteiger partial charge >= 0.3 is 0 Å². The van der Waals surface area contributed by atoms with Gasteiger partial charge in [0, 0.05) is 25.1 Å². The van der Waals surface area contributed by atoms with Crippen LogP contribution in [0.2, 0.25) is 0 Å². The molecular weight excluding hydrogens is 299 g/mol. The number of rotatable bonds is 8. The molecule has 2 aromatic carbocycles. The number of nitrogens with two attached hydrogens (primary N) is 1. The van der Waals surface area contributed by atoms with Crippen LogP contribution in [-0.4, -0.2) is 22.7 Å². The Hall–Kier alpha value is -2.44. The third-order valence-electron chi connectivity index (χ3n) is 3.26. The summed E-state index contributed by atoms with van der Waals surface area (Å²) in [4.78, 5) is 10.7. The first kappa shape index (κ1) is 16.9. The van der Waals surface area contributed by atoms with Gasteiger partial charge in [0.1, 0.15) is 18.2 Å². The SMILES string of the molecule is NC(=O)CCN(O)Cc1ccc(OCc2ccccc2F)cc1. The van der Waals surface area contributed by atoms with Crippen LogP contribution in [0.25, 0.3) is 0 Å². The Morgan fingerprint density at radius 3 is 2.52 bits per heavy atom. The zero-order valence-corrected chi connectivity index (χ0v) is 12.6. The van der Waals surface area contributed by atoms with E-state index in [0.717, 1.165) is 10.6 Å². The summed E-state index contributed by atoms with van der Waals surface area (Å²) >= 11 is 0. The van der Waals surface area contributed by atoms with E-state index in [1.165, 1.54) is 6.07 Å². The molecule has 0 saturated carbocycles. The minimum absolute atomic E-state index is 0.0976. The van der Waals surface area contributed by atoms with Crippen LogP contribution in [0.4, 0.5) is 4.39 Å². The predicted molar refractivity (Wildman–Crippen MR) is 83.2 cm³/mol. The lowest BCUT2D eigenvalue weighted by molar-refractivity contribution is -0.126. The summed E-state index contributed by atoms with van der Waals surface area (Å²) in [7, 11) is 0. The molecule has 0 fully saturated rings. The van der Waals surface area contributed by atoms with Gasteiger partial charge in [-0.2, -0.15) is 5.06 Å². The molecule has 0 radical (unpaired) electrons. The van der Waals surface area contributed by atoms with E-state index in [1.54, 1.807) is 42.5 Å². The summed E-state index contributed by atoms with van der Waals surface area (Å²) in [6, 6.07) is 13.5. The summed E-state index contributed by atoms with van der Waals surface area (Å²) in [5.74, 6) is -0.144. The second kappa shape index (κ2) is 8.26. The maximum absolute atomic E-state index is 13.5. The lowest BCUT2D eigenvalue weighted by Gasteiger charge is -2.14. The van der Waals surface area contributed by atoms with Crippen molar-refractivity contribution in [1.29, 1.82) is 0 Å². The molecule has 0 aliphatic rings. The van der Waals surface area contributed by atoms with Crippen LogP contribution >= 0.6 is 0 Å². The van der Waals surface area contributed by atoms with Gasteiger partial charge in [-0.05, 0) is 23.8 Å². The Bertz CT molecular complexity index is 647. The van der Waals surface area contributed by atoms with Crippen molar-refractivity contribution in [3.63, 3.8) is 0 Å². The van der Waals surface area contributed by atoms with Crippen molar-refractivity contribution in [2.45, 2.75) is 19.6 Å².